The summed E-state index contributed by atoms with van der Waals surface area (Å²) in [5.74, 6) is -0.688. The van der Waals surface area contributed by atoms with Gasteiger partial charge in [-0.25, -0.2) is 9.48 Å². The fourth-order valence-corrected chi connectivity index (χ4v) is 5.61. The van der Waals surface area contributed by atoms with Crippen molar-refractivity contribution in [2.24, 2.45) is 0 Å². The van der Waals surface area contributed by atoms with E-state index in [0.29, 0.717) is 32.2 Å². The van der Waals surface area contributed by atoms with Crippen LogP contribution in [0.25, 0.3) is 27.7 Å². The first-order valence-electron chi connectivity index (χ1n) is 12.1. The molecular weight excluding hydrogens is 500 g/mol. The number of esters is 1. The highest BCUT2D eigenvalue weighted by Gasteiger charge is 2.37. The van der Waals surface area contributed by atoms with Crippen LogP contribution in [0.2, 0.25) is 0 Å². The molecule has 0 saturated heterocycles. The largest absolute Gasteiger partial charge is 0.462 e. The fraction of sp³-hybridized carbons (Fsp3) is 0.103. The molecule has 3 aromatic carbocycles. The number of thioether (sulfide) groups is 1. The summed E-state index contributed by atoms with van der Waals surface area (Å²) in [6, 6.07) is 26.1. The van der Waals surface area contributed by atoms with Crippen molar-refractivity contribution >= 4 is 56.9 Å². The van der Waals surface area contributed by atoms with Crippen molar-refractivity contribution in [3.63, 3.8) is 0 Å². The van der Waals surface area contributed by atoms with Crippen LogP contribution in [0.5, 0.6) is 0 Å². The van der Waals surface area contributed by atoms with E-state index in [9.17, 15) is 9.59 Å². The molecule has 38 heavy (non-hydrogen) atoms. The van der Waals surface area contributed by atoms with Crippen molar-refractivity contribution in [3.05, 3.63) is 106 Å². The minimum atomic E-state index is -0.454. The zero-order valence-corrected chi connectivity index (χ0v) is 21.4. The van der Waals surface area contributed by atoms with Crippen molar-refractivity contribution < 1.29 is 18.7 Å². The van der Waals surface area contributed by atoms with Gasteiger partial charge in [-0.15, -0.1) is 5.10 Å². The molecule has 1 aliphatic rings. The van der Waals surface area contributed by atoms with Crippen LogP contribution in [-0.4, -0.2) is 33.4 Å². The summed E-state index contributed by atoms with van der Waals surface area (Å²) in [6.07, 6.45) is 0. The topological polar surface area (TPSA) is 90.5 Å². The Morgan fingerprint density at radius 2 is 1.71 bits per heavy atom. The van der Waals surface area contributed by atoms with Gasteiger partial charge in [-0.2, -0.15) is 0 Å². The Hall–Kier alpha value is -4.63. The zero-order valence-electron chi connectivity index (χ0n) is 20.6. The number of benzene rings is 3. The van der Waals surface area contributed by atoms with Gasteiger partial charge in [0.25, 0.3) is 0 Å². The number of hydrogen-bond donors (Lipinski definition) is 0. The molecule has 0 unspecified atom stereocenters. The number of para-hydroxylation sites is 3. The molecule has 0 N–H and O–H groups in total. The predicted molar refractivity (Wildman–Crippen MR) is 147 cm³/mol. The van der Waals surface area contributed by atoms with Crippen LogP contribution in [0.15, 0.2) is 105 Å². The molecule has 6 rings (SSSR count). The minimum absolute atomic E-state index is 0.157. The third kappa shape index (κ3) is 3.97. The maximum atomic E-state index is 14.3. The summed E-state index contributed by atoms with van der Waals surface area (Å²) in [5.41, 5.74) is 3.53. The van der Waals surface area contributed by atoms with Gasteiger partial charge in [0.15, 0.2) is 5.76 Å². The van der Waals surface area contributed by atoms with Gasteiger partial charge in [0.05, 0.1) is 12.1 Å². The third-order valence-corrected chi connectivity index (χ3v) is 7.41. The Kier molecular flexibility index (Phi) is 6.05. The van der Waals surface area contributed by atoms with Crippen LogP contribution in [0.3, 0.4) is 0 Å². The number of furan rings is 1. The second kappa shape index (κ2) is 9.68. The van der Waals surface area contributed by atoms with Crippen LogP contribution in [0.4, 0.5) is 5.69 Å². The monoisotopic (exact) mass is 522 g/mol. The molecule has 3 heterocycles. The second-order valence-electron chi connectivity index (χ2n) is 8.53. The number of aromatic nitrogens is 3. The van der Waals surface area contributed by atoms with Gasteiger partial charge in [-0.1, -0.05) is 65.5 Å². The van der Waals surface area contributed by atoms with E-state index < -0.39 is 11.8 Å². The lowest BCUT2D eigenvalue weighted by molar-refractivity contribution is -0.137. The number of carbonyl (C=O) groups excluding carboxylic acids is 2. The van der Waals surface area contributed by atoms with Crippen molar-refractivity contribution in [2.45, 2.75) is 13.8 Å². The van der Waals surface area contributed by atoms with Gasteiger partial charge in [0.2, 0.25) is 5.78 Å². The number of allylic oxidation sites excluding steroid dienone is 2. The van der Waals surface area contributed by atoms with Gasteiger partial charge in [-0.05, 0) is 50.2 Å². The molecule has 0 spiro atoms. The van der Waals surface area contributed by atoms with Crippen molar-refractivity contribution in [1.29, 1.82) is 0 Å². The van der Waals surface area contributed by atoms with E-state index in [1.165, 1.54) is 16.4 Å². The highest BCUT2D eigenvalue weighted by Crippen LogP contribution is 2.47. The van der Waals surface area contributed by atoms with Gasteiger partial charge in [-0.3, -0.25) is 4.79 Å². The Morgan fingerprint density at radius 3 is 2.50 bits per heavy atom. The van der Waals surface area contributed by atoms with Crippen LogP contribution in [-0.2, 0) is 9.53 Å². The number of Topliss-reactive ketones (excluding diaryl/α,β-unsaturated/α-hetero) is 1. The van der Waals surface area contributed by atoms with Crippen molar-refractivity contribution in [2.75, 3.05) is 11.5 Å². The Labute approximate surface area is 222 Å². The number of rotatable bonds is 6. The highest BCUT2D eigenvalue weighted by molar-refractivity contribution is 8.08. The molecular formula is C29H22N4O4S. The molecule has 188 valence electrons. The maximum absolute atomic E-state index is 14.3. The lowest BCUT2D eigenvalue weighted by Gasteiger charge is -2.23. The molecule has 8 nitrogen and oxygen atoms in total. The number of ether oxygens (including phenoxy) is 1. The Morgan fingerprint density at radius 1 is 0.974 bits per heavy atom. The lowest BCUT2D eigenvalue weighted by atomic mass is 10.2. The summed E-state index contributed by atoms with van der Waals surface area (Å²) < 4.78 is 12.9. The first kappa shape index (κ1) is 23.7. The number of ketones is 1. The van der Waals surface area contributed by atoms with Gasteiger partial charge in [0, 0.05) is 16.8 Å². The molecule has 0 radical (unpaired) electrons. The van der Waals surface area contributed by atoms with Crippen LogP contribution in [0.1, 0.15) is 24.4 Å². The molecule has 9 heteroatoms. The zero-order chi connectivity index (χ0) is 26.2. The summed E-state index contributed by atoms with van der Waals surface area (Å²) in [7, 11) is 0. The summed E-state index contributed by atoms with van der Waals surface area (Å²) in [5, 5.41) is 9.97. The molecule has 0 amide bonds. The van der Waals surface area contributed by atoms with Crippen molar-refractivity contribution in [3.8, 4) is 0 Å². The predicted octanol–water partition coefficient (Wildman–Crippen LogP) is 6.23. The summed E-state index contributed by atoms with van der Waals surface area (Å²) in [4.78, 5) is 29.6. The molecule has 0 fully saturated rings. The highest BCUT2D eigenvalue weighted by atomic mass is 32.2. The van der Waals surface area contributed by atoms with Crippen LogP contribution >= 0.6 is 11.8 Å². The van der Waals surface area contributed by atoms with Gasteiger partial charge >= 0.3 is 5.97 Å². The Balaban J connectivity index is 1.62. The quantitative estimate of drug-likeness (QED) is 0.147. The number of anilines is 1. The maximum Gasteiger partial charge on any atom is 0.346 e. The molecule has 1 aliphatic heterocycles. The smallest absolute Gasteiger partial charge is 0.346 e. The first-order chi connectivity index (χ1) is 18.6. The number of carbonyl (C=O) groups is 2. The van der Waals surface area contributed by atoms with E-state index >= 15 is 0 Å². The second-order valence-corrected chi connectivity index (χ2v) is 9.53. The van der Waals surface area contributed by atoms with Crippen molar-refractivity contribution in [1.82, 2.24) is 15.0 Å². The molecule has 5 aromatic rings. The average molecular weight is 523 g/mol. The van der Waals surface area contributed by atoms with E-state index in [4.69, 9.17) is 9.15 Å². The van der Waals surface area contributed by atoms with Gasteiger partial charge in [0.1, 0.15) is 26.7 Å². The fourth-order valence-electron chi connectivity index (χ4n) is 4.43. The van der Waals surface area contributed by atoms with E-state index in [0.717, 1.165) is 11.1 Å². The first-order valence-corrected chi connectivity index (χ1v) is 12.9. The normalized spacial score (nSPS) is 14.9. The summed E-state index contributed by atoms with van der Waals surface area (Å²) in [6.45, 7) is 3.83. The number of hydrogen-bond acceptors (Lipinski definition) is 8. The number of fused-ring (bicyclic) bond motifs is 2. The summed E-state index contributed by atoms with van der Waals surface area (Å²) >= 11 is 1.17. The molecule has 0 saturated carbocycles. The Bertz CT molecular complexity index is 1730. The lowest BCUT2D eigenvalue weighted by Crippen LogP contribution is -2.22. The SMILES string of the molecule is CCOC(=O)C1=C(C)N(c2ccccc2)/C(=C(\C(=O)c2cc3ccccc3o2)n2nnc3ccccc32)S1. The molecule has 0 bridgehead atoms. The molecule has 0 atom stereocenters. The van der Waals surface area contributed by atoms with E-state index in [1.807, 2.05) is 90.7 Å². The van der Waals surface area contributed by atoms with E-state index in [2.05, 4.69) is 10.3 Å². The third-order valence-electron chi connectivity index (χ3n) is 6.17. The van der Waals surface area contributed by atoms with E-state index in [1.54, 1.807) is 13.0 Å². The standard InChI is InChI=1S/C29H22N4O4S/c1-3-36-29(35)27-18(2)32(20-12-5-4-6-13-20)28(38-27)25(33-22-15-9-8-14-21(22)30-31-33)26(34)24-17-19-11-7-10-16-23(19)37-24/h4-17H,3H2,1-2H3/b28-25-. The molecule has 0 aliphatic carbocycles. The van der Waals surface area contributed by atoms with Crippen LogP contribution in [0, 0.1) is 0 Å². The van der Waals surface area contributed by atoms with Crippen LogP contribution < -0.4 is 4.90 Å². The average Bonchev–Trinajstić information content (AvgIpc) is 3.65. The number of nitrogens with zero attached hydrogens (tertiary/aromatic N) is 4. The minimum Gasteiger partial charge on any atom is -0.462 e. The molecule has 2 aromatic heterocycles. The van der Waals surface area contributed by atoms with E-state index in [-0.39, 0.29) is 18.1 Å². The van der Waals surface area contributed by atoms with Gasteiger partial charge < -0.3 is 14.1 Å².